The van der Waals surface area contributed by atoms with Crippen molar-refractivity contribution in [2.45, 2.75) is 12.2 Å². The van der Waals surface area contributed by atoms with Crippen LogP contribution in [0.5, 0.6) is 23.0 Å². The minimum absolute atomic E-state index is 0.00518. The second kappa shape index (κ2) is 6.96. The van der Waals surface area contributed by atoms with Gasteiger partial charge in [0.05, 0.1) is 19.1 Å². The van der Waals surface area contributed by atoms with Crippen LogP contribution in [-0.2, 0) is 0 Å². The molecule has 1 aromatic heterocycles. The van der Waals surface area contributed by atoms with Gasteiger partial charge in [-0.05, 0) is 36.4 Å². The third-order valence-electron chi connectivity index (χ3n) is 5.24. The maximum atomic E-state index is 13.1. The highest BCUT2D eigenvalue weighted by Crippen LogP contribution is 2.44. The Morgan fingerprint density at radius 2 is 1.87 bits per heavy atom. The molecule has 0 spiro atoms. The zero-order chi connectivity index (χ0) is 20.8. The monoisotopic (exact) mass is 406 g/mol. The van der Waals surface area contributed by atoms with Gasteiger partial charge in [0.25, 0.3) is 0 Å². The van der Waals surface area contributed by atoms with E-state index in [9.17, 15) is 15.0 Å². The summed E-state index contributed by atoms with van der Waals surface area (Å²) in [6.07, 6.45) is -1.44. The summed E-state index contributed by atoms with van der Waals surface area (Å²) >= 11 is 0. The summed E-state index contributed by atoms with van der Waals surface area (Å²) in [5.41, 5.74) is 1.29. The van der Waals surface area contributed by atoms with Gasteiger partial charge in [0.15, 0.2) is 35.2 Å². The SMILES string of the molecule is COc1cc([C@H]2Oc3ccc4oc5ccccc5c(=O)c4c3O[C@@H]2CO)ccc1O. The average Bonchev–Trinajstić information content (AvgIpc) is 2.78. The number of phenolic OH excluding ortho intramolecular Hbond substituents is 1. The molecule has 2 N–H and O–H groups in total. The van der Waals surface area contributed by atoms with Crippen LogP contribution < -0.4 is 19.6 Å². The number of aromatic hydroxyl groups is 1. The summed E-state index contributed by atoms with van der Waals surface area (Å²) in [6, 6.07) is 15.1. The number of hydrogen-bond acceptors (Lipinski definition) is 7. The third kappa shape index (κ3) is 2.74. The van der Waals surface area contributed by atoms with E-state index >= 15 is 0 Å². The number of aliphatic hydroxyl groups is 1. The number of hydrogen-bond donors (Lipinski definition) is 2. The summed E-state index contributed by atoms with van der Waals surface area (Å²) in [4.78, 5) is 13.1. The van der Waals surface area contributed by atoms with Gasteiger partial charge in [-0.25, -0.2) is 0 Å². The Morgan fingerprint density at radius 3 is 2.67 bits per heavy atom. The number of rotatable bonds is 3. The van der Waals surface area contributed by atoms with Gasteiger partial charge in [0.2, 0.25) is 5.43 Å². The van der Waals surface area contributed by atoms with Crippen LogP contribution in [-0.4, -0.2) is 30.0 Å². The zero-order valence-corrected chi connectivity index (χ0v) is 16.0. The number of benzene rings is 3. The second-order valence-corrected chi connectivity index (χ2v) is 7.00. The van der Waals surface area contributed by atoms with Crippen molar-refractivity contribution in [2.24, 2.45) is 0 Å². The quantitative estimate of drug-likeness (QED) is 0.502. The molecule has 3 aromatic carbocycles. The number of methoxy groups -OCH3 is 1. The molecule has 152 valence electrons. The predicted octanol–water partition coefficient (Wildman–Crippen LogP) is 3.53. The number of para-hydroxylation sites is 1. The highest BCUT2D eigenvalue weighted by Gasteiger charge is 2.35. The first-order valence-corrected chi connectivity index (χ1v) is 9.40. The Morgan fingerprint density at radius 1 is 1.03 bits per heavy atom. The maximum absolute atomic E-state index is 13.1. The van der Waals surface area contributed by atoms with Crippen molar-refractivity contribution >= 4 is 21.9 Å². The van der Waals surface area contributed by atoms with Gasteiger partial charge < -0.3 is 28.8 Å². The number of fused-ring (bicyclic) bond motifs is 4. The first-order chi connectivity index (χ1) is 14.6. The molecular weight excluding hydrogens is 388 g/mol. The van der Waals surface area contributed by atoms with E-state index in [4.69, 9.17) is 18.6 Å². The van der Waals surface area contributed by atoms with Gasteiger partial charge in [-0.1, -0.05) is 18.2 Å². The molecule has 0 saturated carbocycles. The molecule has 0 unspecified atom stereocenters. The van der Waals surface area contributed by atoms with Crippen molar-refractivity contribution in [1.82, 2.24) is 0 Å². The van der Waals surface area contributed by atoms with E-state index in [2.05, 4.69) is 0 Å². The molecule has 0 bridgehead atoms. The second-order valence-electron chi connectivity index (χ2n) is 7.00. The Kier molecular flexibility index (Phi) is 4.25. The van der Waals surface area contributed by atoms with Crippen molar-refractivity contribution in [3.8, 4) is 23.0 Å². The van der Waals surface area contributed by atoms with Crippen LogP contribution in [0.15, 0.2) is 63.8 Å². The molecule has 0 aliphatic carbocycles. The molecule has 30 heavy (non-hydrogen) atoms. The zero-order valence-electron chi connectivity index (χ0n) is 16.0. The van der Waals surface area contributed by atoms with E-state index in [0.29, 0.717) is 27.9 Å². The lowest BCUT2D eigenvalue weighted by molar-refractivity contribution is -0.0111. The molecular formula is C23H18O7. The smallest absolute Gasteiger partial charge is 0.204 e. The van der Waals surface area contributed by atoms with E-state index in [1.54, 1.807) is 48.5 Å². The van der Waals surface area contributed by atoms with Gasteiger partial charge in [0, 0.05) is 5.56 Å². The van der Waals surface area contributed by atoms with E-state index in [1.165, 1.54) is 13.2 Å². The molecule has 0 fully saturated rings. The summed E-state index contributed by atoms with van der Waals surface area (Å²) in [5, 5.41) is 20.5. The van der Waals surface area contributed by atoms with Crippen LogP contribution in [0.1, 0.15) is 11.7 Å². The molecule has 0 saturated heterocycles. The fourth-order valence-corrected chi connectivity index (χ4v) is 3.76. The molecule has 2 atom stereocenters. The Balaban J connectivity index is 1.67. The maximum Gasteiger partial charge on any atom is 0.204 e. The van der Waals surface area contributed by atoms with E-state index in [1.807, 2.05) is 0 Å². The molecule has 2 heterocycles. The lowest BCUT2D eigenvalue weighted by atomic mass is 10.0. The Bertz CT molecular complexity index is 1320. The number of ether oxygens (including phenoxy) is 3. The summed E-state index contributed by atoms with van der Waals surface area (Å²) in [7, 11) is 1.45. The highest BCUT2D eigenvalue weighted by molar-refractivity contribution is 5.94. The molecule has 5 rings (SSSR count). The third-order valence-corrected chi connectivity index (χ3v) is 5.24. The lowest BCUT2D eigenvalue weighted by Crippen LogP contribution is -2.36. The first kappa shape index (κ1) is 18.3. The fourth-order valence-electron chi connectivity index (χ4n) is 3.76. The number of aliphatic hydroxyl groups excluding tert-OH is 1. The van der Waals surface area contributed by atoms with Crippen LogP contribution in [0.25, 0.3) is 21.9 Å². The molecule has 0 radical (unpaired) electrons. The topological polar surface area (TPSA) is 98.4 Å². The highest BCUT2D eigenvalue weighted by atomic mass is 16.6. The predicted molar refractivity (Wildman–Crippen MR) is 110 cm³/mol. The molecule has 1 aliphatic heterocycles. The van der Waals surface area contributed by atoms with E-state index in [-0.39, 0.29) is 34.7 Å². The molecule has 4 aromatic rings. The average molecular weight is 406 g/mol. The largest absolute Gasteiger partial charge is 0.504 e. The van der Waals surface area contributed by atoms with Crippen molar-refractivity contribution in [1.29, 1.82) is 0 Å². The molecule has 7 nitrogen and oxygen atoms in total. The molecule has 7 heteroatoms. The summed E-state index contributed by atoms with van der Waals surface area (Å²) < 4.78 is 23.2. The fraction of sp³-hybridized carbons (Fsp3) is 0.174. The van der Waals surface area contributed by atoms with Crippen molar-refractivity contribution in [3.63, 3.8) is 0 Å². The summed E-state index contributed by atoms with van der Waals surface area (Å²) in [6.45, 7) is -0.345. The first-order valence-electron chi connectivity index (χ1n) is 9.40. The van der Waals surface area contributed by atoms with Crippen molar-refractivity contribution < 1.29 is 28.8 Å². The van der Waals surface area contributed by atoms with E-state index in [0.717, 1.165) is 0 Å². The van der Waals surface area contributed by atoms with Gasteiger partial charge >= 0.3 is 0 Å². The summed E-state index contributed by atoms with van der Waals surface area (Å²) in [5.74, 6) is 0.887. The van der Waals surface area contributed by atoms with Gasteiger partial charge in [0.1, 0.15) is 16.6 Å². The van der Waals surface area contributed by atoms with Crippen LogP contribution >= 0.6 is 0 Å². The van der Waals surface area contributed by atoms with Crippen molar-refractivity contribution in [3.05, 3.63) is 70.4 Å². The molecule has 0 amide bonds. The minimum Gasteiger partial charge on any atom is -0.504 e. The van der Waals surface area contributed by atoms with Crippen LogP contribution in [0, 0.1) is 0 Å². The van der Waals surface area contributed by atoms with Crippen LogP contribution in [0.4, 0.5) is 0 Å². The lowest BCUT2D eigenvalue weighted by Gasteiger charge is -2.33. The van der Waals surface area contributed by atoms with Gasteiger partial charge in [-0.2, -0.15) is 0 Å². The van der Waals surface area contributed by atoms with E-state index < -0.39 is 12.2 Å². The van der Waals surface area contributed by atoms with Crippen molar-refractivity contribution in [2.75, 3.05) is 13.7 Å². The number of phenols is 1. The van der Waals surface area contributed by atoms with Crippen LogP contribution in [0.2, 0.25) is 0 Å². The van der Waals surface area contributed by atoms with Gasteiger partial charge in [-0.15, -0.1) is 0 Å². The van der Waals surface area contributed by atoms with Gasteiger partial charge in [-0.3, -0.25) is 4.79 Å². The Hall–Kier alpha value is -3.71. The standard InChI is InChI=1S/C23H18O7/c1-27-18-10-12(6-7-14(18)25)22-19(11-24)30-23-17(29-22)9-8-16-20(23)21(26)13-4-2-3-5-15(13)28-16/h2-10,19,22,24-25H,11H2,1H3/t19-,22-/m1/s1. The Labute approximate surface area is 170 Å². The normalized spacial score (nSPS) is 17.9. The molecule has 1 aliphatic rings. The minimum atomic E-state index is -0.775. The van der Waals surface area contributed by atoms with Crippen LogP contribution in [0.3, 0.4) is 0 Å².